The number of aliphatic hydroxyl groups excluding tert-OH is 1. The number of rotatable bonds is 8. The number of hydrogen-bond acceptors (Lipinski definition) is 9. The number of benzene rings is 1. The highest BCUT2D eigenvalue weighted by Crippen LogP contribution is 2.35. The van der Waals surface area contributed by atoms with E-state index in [0.29, 0.717) is 68.0 Å². The molecule has 3 aromatic rings. The van der Waals surface area contributed by atoms with Gasteiger partial charge in [0.05, 0.1) is 49.1 Å². The van der Waals surface area contributed by atoms with Crippen LogP contribution in [0.1, 0.15) is 41.4 Å². The molecule has 4 heterocycles. The second kappa shape index (κ2) is 11.5. The van der Waals surface area contributed by atoms with Crippen molar-refractivity contribution < 1.29 is 23.1 Å². The molecular formula is C25H32ClN7O5S. The van der Waals surface area contributed by atoms with Gasteiger partial charge in [-0.1, -0.05) is 11.6 Å². The van der Waals surface area contributed by atoms with Crippen molar-refractivity contribution >= 4 is 50.5 Å². The highest BCUT2D eigenvalue weighted by molar-refractivity contribution is 7.92. The van der Waals surface area contributed by atoms with Crippen LogP contribution in [-0.4, -0.2) is 91.2 Å². The van der Waals surface area contributed by atoms with Gasteiger partial charge in [0.25, 0.3) is 5.91 Å². The number of morpholine rings is 1. The number of aliphatic hydroxyl groups is 1. The molecule has 0 bridgehead atoms. The number of nitrogens with one attached hydrogen (secondary N) is 2. The minimum Gasteiger partial charge on any atom is -0.395 e. The van der Waals surface area contributed by atoms with Gasteiger partial charge in [-0.15, -0.1) is 0 Å². The Bertz CT molecular complexity index is 1460. The highest BCUT2D eigenvalue weighted by atomic mass is 35.5. The summed E-state index contributed by atoms with van der Waals surface area (Å²) >= 11 is 6.21. The molecule has 2 aliphatic rings. The Morgan fingerprint density at radius 2 is 1.97 bits per heavy atom. The monoisotopic (exact) mass is 577 g/mol. The van der Waals surface area contributed by atoms with Gasteiger partial charge in [0.1, 0.15) is 11.6 Å². The van der Waals surface area contributed by atoms with Crippen LogP contribution >= 0.6 is 11.6 Å². The average molecular weight is 578 g/mol. The molecule has 3 N–H and O–H groups in total. The van der Waals surface area contributed by atoms with Crippen molar-refractivity contribution in [3.8, 4) is 0 Å². The van der Waals surface area contributed by atoms with Crippen LogP contribution in [-0.2, 0) is 14.8 Å². The van der Waals surface area contributed by atoms with Gasteiger partial charge in [0.15, 0.2) is 5.65 Å². The molecule has 0 aliphatic carbocycles. The van der Waals surface area contributed by atoms with Gasteiger partial charge >= 0.3 is 0 Å². The van der Waals surface area contributed by atoms with Crippen LogP contribution in [0, 0.1) is 0 Å². The molecule has 0 saturated carbocycles. The summed E-state index contributed by atoms with van der Waals surface area (Å²) < 4.78 is 33.7. The maximum Gasteiger partial charge on any atom is 0.256 e. The molecule has 0 spiro atoms. The number of amides is 1. The fourth-order valence-corrected chi connectivity index (χ4v) is 5.80. The summed E-state index contributed by atoms with van der Waals surface area (Å²) in [6, 6.07) is 8.00. The van der Waals surface area contributed by atoms with Gasteiger partial charge in [-0.2, -0.15) is 9.61 Å². The van der Waals surface area contributed by atoms with Gasteiger partial charge in [-0.25, -0.2) is 13.4 Å². The van der Waals surface area contributed by atoms with E-state index in [0.717, 1.165) is 24.9 Å². The minimum atomic E-state index is -3.61. The number of likely N-dealkylation sites (tertiary alicyclic amines) is 1. The van der Waals surface area contributed by atoms with Crippen molar-refractivity contribution in [1.29, 1.82) is 0 Å². The van der Waals surface area contributed by atoms with Gasteiger partial charge in [0.2, 0.25) is 10.0 Å². The number of aromatic nitrogens is 3. The van der Waals surface area contributed by atoms with Crippen molar-refractivity contribution in [3.05, 3.63) is 46.6 Å². The minimum absolute atomic E-state index is 0.0247. The zero-order valence-electron chi connectivity index (χ0n) is 21.6. The van der Waals surface area contributed by atoms with E-state index in [1.54, 1.807) is 15.5 Å². The number of hydrogen-bond donors (Lipinski definition) is 3. The Morgan fingerprint density at radius 1 is 1.18 bits per heavy atom. The second-order valence-electron chi connectivity index (χ2n) is 9.66. The molecule has 0 unspecified atom stereocenters. The van der Waals surface area contributed by atoms with Crippen LogP contribution in [0.2, 0.25) is 5.02 Å². The SMILES string of the molecule is CS(=O)(=O)Nc1ccc(Cl)cc1C(=O)N1CCCC[C@H]1c1cc2nc(NCCO)cc(N3CCOCC3)n2n1. The summed E-state index contributed by atoms with van der Waals surface area (Å²) in [5.41, 5.74) is 1.69. The van der Waals surface area contributed by atoms with Crippen LogP contribution in [0.3, 0.4) is 0 Å². The molecule has 0 radical (unpaired) electrons. The highest BCUT2D eigenvalue weighted by Gasteiger charge is 2.33. The molecule has 2 fully saturated rings. The number of sulfonamides is 1. The first kappa shape index (κ1) is 27.4. The lowest BCUT2D eigenvalue weighted by molar-refractivity contribution is 0.0607. The maximum absolute atomic E-state index is 13.9. The molecule has 1 atom stereocenters. The standard InChI is InChI=1S/C25H32ClN7O5S/c1-39(36,37)30-19-6-5-17(26)14-18(19)25(35)32-8-3-2-4-21(32)20-15-23-28-22(27-7-11-34)16-24(33(23)29-20)31-9-12-38-13-10-31/h5-6,14-16,21,30,34H,2-4,7-13H2,1H3,(H,27,28)/t21-/m0/s1. The van der Waals surface area contributed by atoms with Gasteiger partial charge < -0.3 is 25.0 Å². The largest absolute Gasteiger partial charge is 0.395 e. The number of carbonyl (C=O) groups excluding carboxylic acids is 1. The fraction of sp³-hybridized carbons (Fsp3) is 0.480. The fourth-order valence-electron chi connectivity index (χ4n) is 5.05. The summed E-state index contributed by atoms with van der Waals surface area (Å²) in [6.45, 7) is 3.44. The molecule has 1 amide bonds. The van der Waals surface area contributed by atoms with Crippen molar-refractivity contribution in [3.63, 3.8) is 0 Å². The number of carbonyl (C=O) groups is 1. The Morgan fingerprint density at radius 3 is 2.72 bits per heavy atom. The van der Waals surface area contributed by atoms with Crippen LogP contribution in [0.4, 0.5) is 17.3 Å². The lowest BCUT2D eigenvalue weighted by Crippen LogP contribution is -2.39. The summed E-state index contributed by atoms with van der Waals surface area (Å²) in [4.78, 5) is 22.5. The normalized spacial score (nSPS) is 18.4. The third-order valence-corrected chi connectivity index (χ3v) is 7.62. The molecule has 14 heteroatoms. The van der Waals surface area contributed by atoms with E-state index < -0.39 is 10.0 Å². The zero-order valence-corrected chi connectivity index (χ0v) is 23.2. The van der Waals surface area contributed by atoms with Gasteiger partial charge in [-0.3, -0.25) is 9.52 Å². The van der Waals surface area contributed by atoms with E-state index in [1.807, 2.05) is 12.1 Å². The lowest BCUT2D eigenvalue weighted by atomic mass is 9.98. The summed E-state index contributed by atoms with van der Waals surface area (Å²) in [5.74, 6) is 1.15. The number of anilines is 3. The number of fused-ring (bicyclic) bond motifs is 1. The van der Waals surface area contributed by atoms with Crippen LogP contribution < -0.4 is 14.9 Å². The zero-order chi connectivity index (χ0) is 27.6. The van der Waals surface area contributed by atoms with E-state index in [4.69, 9.17) is 26.4 Å². The average Bonchev–Trinajstić information content (AvgIpc) is 3.36. The molecule has 12 nitrogen and oxygen atoms in total. The Labute approximate surface area is 231 Å². The molecule has 2 saturated heterocycles. The van der Waals surface area contributed by atoms with Crippen LogP contribution in [0.25, 0.3) is 5.65 Å². The predicted molar refractivity (Wildman–Crippen MR) is 149 cm³/mol. The van der Waals surface area contributed by atoms with Crippen molar-refractivity contribution in [2.75, 3.05) is 67.2 Å². The predicted octanol–water partition coefficient (Wildman–Crippen LogP) is 2.36. The summed E-state index contributed by atoms with van der Waals surface area (Å²) in [7, 11) is -3.61. The van der Waals surface area contributed by atoms with Gasteiger partial charge in [-0.05, 0) is 37.5 Å². The number of piperidine rings is 1. The Hall–Kier alpha value is -3.13. The second-order valence-corrected chi connectivity index (χ2v) is 11.8. The molecule has 2 aliphatic heterocycles. The van der Waals surface area contributed by atoms with E-state index in [9.17, 15) is 18.3 Å². The Kier molecular flexibility index (Phi) is 8.12. The van der Waals surface area contributed by atoms with E-state index in [-0.39, 0.29) is 29.8 Å². The topological polar surface area (TPSA) is 141 Å². The van der Waals surface area contributed by atoms with E-state index >= 15 is 0 Å². The lowest BCUT2D eigenvalue weighted by Gasteiger charge is -2.35. The molecule has 39 heavy (non-hydrogen) atoms. The van der Waals surface area contributed by atoms with Crippen LogP contribution in [0.15, 0.2) is 30.3 Å². The van der Waals surface area contributed by atoms with E-state index in [1.165, 1.54) is 12.1 Å². The Balaban J connectivity index is 1.53. The molecular weight excluding hydrogens is 546 g/mol. The van der Waals surface area contributed by atoms with Crippen molar-refractivity contribution in [2.24, 2.45) is 0 Å². The number of halogens is 1. The molecule has 5 rings (SSSR count). The first-order chi connectivity index (χ1) is 18.7. The smallest absolute Gasteiger partial charge is 0.256 e. The first-order valence-corrected chi connectivity index (χ1v) is 15.2. The molecule has 1 aromatic carbocycles. The quantitative estimate of drug-likeness (QED) is 0.368. The summed E-state index contributed by atoms with van der Waals surface area (Å²) in [5, 5.41) is 17.7. The number of nitrogens with zero attached hydrogens (tertiary/aromatic N) is 5. The maximum atomic E-state index is 13.9. The van der Waals surface area contributed by atoms with Crippen LogP contribution in [0.5, 0.6) is 0 Å². The first-order valence-electron chi connectivity index (χ1n) is 12.9. The molecule has 210 valence electrons. The summed E-state index contributed by atoms with van der Waals surface area (Å²) in [6.07, 6.45) is 3.48. The third-order valence-electron chi connectivity index (χ3n) is 6.79. The van der Waals surface area contributed by atoms with Crippen molar-refractivity contribution in [2.45, 2.75) is 25.3 Å². The number of ether oxygens (including phenoxy) is 1. The van der Waals surface area contributed by atoms with Crippen molar-refractivity contribution in [1.82, 2.24) is 19.5 Å². The molecule has 2 aromatic heterocycles. The van der Waals surface area contributed by atoms with E-state index in [2.05, 4.69) is 14.9 Å². The third kappa shape index (κ3) is 6.21. The van der Waals surface area contributed by atoms with Gasteiger partial charge in [0, 0.05) is 43.3 Å².